The first-order chi connectivity index (χ1) is 15.3. The zero-order valence-electron chi connectivity index (χ0n) is 16.4. The van der Waals surface area contributed by atoms with Crippen LogP contribution < -0.4 is 11.1 Å². The maximum atomic E-state index is 13.1. The molecule has 0 radical (unpaired) electrons. The molecule has 2 unspecified atom stereocenters. The lowest BCUT2D eigenvalue weighted by Gasteiger charge is -2.49. The fourth-order valence-corrected chi connectivity index (χ4v) is 5.58. The van der Waals surface area contributed by atoms with Gasteiger partial charge in [0.05, 0.1) is 0 Å². The topological polar surface area (TPSA) is 172 Å². The first kappa shape index (κ1) is 21.8. The standard InChI is InChI=1S/C18H16N4O8S2/c1-7(23)29-5-8-6-32-16-11(15(25)22(16)12(8)17(26)27)19-14(24)10(9-3-2-4-31-9)13-20-18(28)30-21-13/h2-4,10-11,16H,5-6H2,1H3,(H,19,24)(H,26,27)(H,20,21,28)/t10?,11-,16?/m0/s1. The highest BCUT2D eigenvalue weighted by atomic mass is 32.2. The number of β-lactam (4-membered cyclic amide) rings is 1. The molecule has 2 aliphatic rings. The van der Waals surface area contributed by atoms with Crippen molar-refractivity contribution < 1.29 is 33.5 Å². The second kappa shape index (κ2) is 8.63. The van der Waals surface area contributed by atoms with Crippen molar-refractivity contribution in [3.05, 3.63) is 50.0 Å². The third kappa shape index (κ3) is 3.93. The lowest BCUT2D eigenvalue weighted by atomic mass is 10.0. The molecule has 0 aliphatic carbocycles. The Morgan fingerprint density at radius 2 is 2.22 bits per heavy atom. The largest absolute Gasteiger partial charge is 0.477 e. The third-order valence-corrected chi connectivity index (χ3v) is 7.09. The van der Waals surface area contributed by atoms with Gasteiger partial charge >= 0.3 is 17.7 Å². The minimum absolute atomic E-state index is 0.00957. The Morgan fingerprint density at radius 1 is 1.44 bits per heavy atom. The van der Waals surface area contributed by atoms with Crippen LogP contribution in [0.15, 0.2) is 38.1 Å². The van der Waals surface area contributed by atoms with Crippen LogP contribution in [0.4, 0.5) is 0 Å². The van der Waals surface area contributed by atoms with Crippen LogP contribution in [0.2, 0.25) is 0 Å². The normalized spacial score (nSPS) is 20.9. The Labute approximate surface area is 187 Å². The third-order valence-electron chi connectivity index (χ3n) is 4.82. The quantitative estimate of drug-likeness (QED) is 0.358. The van der Waals surface area contributed by atoms with Crippen molar-refractivity contribution >= 4 is 46.9 Å². The second-order valence-corrected chi connectivity index (χ2v) is 8.95. The summed E-state index contributed by atoms with van der Waals surface area (Å²) in [7, 11) is 0. The number of aliphatic carboxylic acids is 1. The summed E-state index contributed by atoms with van der Waals surface area (Å²) in [5.74, 6) is -4.72. The number of hydrogen-bond acceptors (Lipinski definition) is 10. The highest BCUT2D eigenvalue weighted by molar-refractivity contribution is 8.00. The summed E-state index contributed by atoms with van der Waals surface area (Å²) in [6, 6.07) is 2.43. The second-order valence-electron chi connectivity index (χ2n) is 6.86. The van der Waals surface area contributed by atoms with Gasteiger partial charge in [-0.25, -0.2) is 9.59 Å². The summed E-state index contributed by atoms with van der Waals surface area (Å²) in [6.45, 7) is 0.962. The highest BCUT2D eigenvalue weighted by Crippen LogP contribution is 2.40. The molecule has 0 spiro atoms. The summed E-state index contributed by atoms with van der Waals surface area (Å²) < 4.78 is 9.41. The Hall–Kier alpha value is -3.39. The van der Waals surface area contributed by atoms with Crippen LogP contribution in [0.1, 0.15) is 23.5 Å². The molecule has 3 atom stereocenters. The molecule has 3 N–H and O–H groups in total. The molecule has 2 aromatic heterocycles. The van der Waals surface area contributed by atoms with Gasteiger partial charge in [0.15, 0.2) is 5.82 Å². The number of fused-ring (bicyclic) bond motifs is 1. The van der Waals surface area contributed by atoms with Gasteiger partial charge in [-0.1, -0.05) is 11.2 Å². The van der Waals surface area contributed by atoms with Crippen molar-refractivity contribution in [2.45, 2.75) is 24.3 Å². The summed E-state index contributed by atoms with van der Waals surface area (Å²) >= 11 is 2.51. The van der Waals surface area contributed by atoms with Gasteiger partial charge in [-0.3, -0.25) is 28.8 Å². The minimum Gasteiger partial charge on any atom is -0.477 e. The summed E-state index contributed by atoms with van der Waals surface area (Å²) in [5, 5.41) is 16.9. The zero-order valence-corrected chi connectivity index (χ0v) is 18.0. The number of thioether (sulfide) groups is 1. The smallest absolute Gasteiger partial charge is 0.438 e. The van der Waals surface area contributed by atoms with E-state index in [1.54, 1.807) is 17.5 Å². The summed E-state index contributed by atoms with van der Waals surface area (Å²) in [6.07, 6.45) is 0. The van der Waals surface area contributed by atoms with Gasteiger partial charge < -0.3 is 15.2 Å². The fraction of sp³-hybridized carbons (Fsp3) is 0.333. The van der Waals surface area contributed by atoms with E-state index in [0.29, 0.717) is 10.5 Å². The number of carboxylic acids is 1. The molecule has 1 saturated heterocycles. The molecule has 1 fully saturated rings. The van der Waals surface area contributed by atoms with Crippen molar-refractivity contribution in [2.75, 3.05) is 12.4 Å². The Kier molecular flexibility index (Phi) is 5.88. The molecule has 168 valence electrons. The Bertz CT molecular complexity index is 1170. The molecular weight excluding hydrogens is 464 g/mol. The number of rotatable bonds is 7. The Morgan fingerprint density at radius 3 is 2.81 bits per heavy atom. The first-order valence-electron chi connectivity index (χ1n) is 9.21. The highest BCUT2D eigenvalue weighted by Gasteiger charge is 2.54. The van der Waals surface area contributed by atoms with E-state index in [0.717, 1.165) is 4.90 Å². The number of thiophene rings is 1. The molecular formula is C18H16N4O8S2. The SMILES string of the molecule is CC(=O)OCC1=C(C(=O)O)N2C(=O)[C@H](NC(=O)C(c3noc(=O)[nH]3)c3cccs3)C2SC1. The lowest BCUT2D eigenvalue weighted by molar-refractivity contribution is -0.151. The number of carbonyl (C=O) groups is 4. The molecule has 0 saturated carbocycles. The molecule has 2 aliphatic heterocycles. The van der Waals surface area contributed by atoms with E-state index in [1.807, 2.05) is 0 Å². The van der Waals surface area contributed by atoms with Crippen molar-refractivity contribution in [3.63, 3.8) is 0 Å². The Balaban J connectivity index is 1.54. The van der Waals surface area contributed by atoms with Crippen LogP contribution in [-0.2, 0) is 23.9 Å². The minimum atomic E-state index is -1.33. The maximum absolute atomic E-state index is 13.1. The van der Waals surface area contributed by atoms with Crippen LogP contribution in [-0.4, -0.2) is 67.7 Å². The van der Waals surface area contributed by atoms with E-state index in [4.69, 9.17) is 4.74 Å². The van der Waals surface area contributed by atoms with Crippen molar-refractivity contribution in [3.8, 4) is 0 Å². The average molecular weight is 480 g/mol. The summed E-state index contributed by atoms with van der Waals surface area (Å²) in [5.41, 5.74) is 0.0462. The van der Waals surface area contributed by atoms with Crippen molar-refractivity contribution in [1.82, 2.24) is 20.4 Å². The van der Waals surface area contributed by atoms with Gasteiger partial charge in [-0.05, 0) is 11.4 Å². The summed E-state index contributed by atoms with van der Waals surface area (Å²) in [4.78, 5) is 64.1. The van der Waals surface area contributed by atoms with E-state index in [1.165, 1.54) is 30.0 Å². The van der Waals surface area contributed by atoms with Crippen LogP contribution in [0.5, 0.6) is 0 Å². The zero-order chi connectivity index (χ0) is 23.0. The number of carboxylic acid groups (broad SMARTS) is 1. The molecule has 2 aromatic rings. The number of aromatic nitrogens is 2. The van der Waals surface area contributed by atoms with E-state index in [-0.39, 0.29) is 23.9 Å². The number of nitrogens with zero attached hydrogens (tertiary/aromatic N) is 2. The van der Waals surface area contributed by atoms with E-state index in [2.05, 4.69) is 20.0 Å². The molecule has 2 amide bonds. The lowest BCUT2D eigenvalue weighted by Crippen LogP contribution is -2.71. The van der Waals surface area contributed by atoms with Gasteiger partial charge in [0.2, 0.25) is 5.91 Å². The molecule has 14 heteroatoms. The number of H-pyrrole nitrogens is 1. The van der Waals surface area contributed by atoms with Crippen LogP contribution in [0.3, 0.4) is 0 Å². The van der Waals surface area contributed by atoms with Crippen LogP contribution in [0.25, 0.3) is 0 Å². The molecule has 32 heavy (non-hydrogen) atoms. The van der Waals surface area contributed by atoms with Crippen LogP contribution in [0, 0.1) is 0 Å². The predicted octanol–water partition coefficient (Wildman–Crippen LogP) is -0.142. The average Bonchev–Trinajstić information content (AvgIpc) is 3.42. The number of esters is 1. The molecule has 0 aromatic carbocycles. The number of hydrogen-bond donors (Lipinski definition) is 3. The van der Waals surface area contributed by atoms with Gasteiger partial charge in [0.1, 0.15) is 29.6 Å². The van der Waals surface area contributed by atoms with Gasteiger partial charge in [-0.15, -0.1) is 23.1 Å². The van der Waals surface area contributed by atoms with Crippen molar-refractivity contribution in [1.29, 1.82) is 0 Å². The molecule has 0 bridgehead atoms. The number of amides is 2. The number of nitrogens with one attached hydrogen (secondary N) is 2. The number of aromatic amines is 1. The monoisotopic (exact) mass is 480 g/mol. The first-order valence-corrected chi connectivity index (χ1v) is 11.1. The number of carbonyl (C=O) groups excluding carboxylic acids is 3. The van der Waals surface area contributed by atoms with E-state index < -0.39 is 46.8 Å². The van der Waals surface area contributed by atoms with Gasteiger partial charge in [0.25, 0.3) is 5.91 Å². The fourth-order valence-electron chi connectivity index (χ4n) is 3.43. The maximum Gasteiger partial charge on any atom is 0.438 e. The predicted molar refractivity (Wildman–Crippen MR) is 110 cm³/mol. The molecule has 4 heterocycles. The van der Waals surface area contributed by atoms with E-state index >= 15 is 0 Å². The van der Waals surface area contributed by atoms with Gasteiger partial charge in [0, 0.05) is 23.1 Å². The molecule has 4 rings (SSSR count). The van der Waals surface area contributed by atoms with Gasteiger partial charge in [-0.2, -0.15) is 0 Å². The number of ether oxygens (including phenoxy) is 1. The molecule has 12 nitrogen and oxygen atoms in total. The van der Waals surface area contributed by atoms with Crippen molar-refractivity contribution in [2.24, 2.45) is 0 Å². The van der Waals surface area contributed by atoms with E-state index in [9.17, 15) is 29.1 Å². The van der Waals surface area contributed by atoms with Crippen LogP contribution >= 0.6 is 23.1 Å².